The van der Waals surface area contributed by atoms with Gasteiger partial charge >= 0.3 is 6.09 Å². The van der Waals surface area contributed by atoms with E-state index in [0.29, 0.717) is 31.9 Å². The summed E-state index contributed by atoms with van der Waals surface area (Å²) in [7, 11) is -3.65. The van der Waals surface area contributed by atoms with Crippen molar-refractivity contribution in [2.45, 2.75) is 23.7 Å². The molecule has 0 radical (unpaired) electrons. The molecule has 0 unspecified atom stereocenters. The zero-order valence-electron chi connectivity index (χ0n) is 16.7. The SMILES string of the molecule is CS(=O)(=O)c1ccc(N2CCN(CC(F)(F)C3CCN(C(=O)O)CC3)CC2)cc1F. The predicted molar refractivity (Wildman–Crippen MR) is 105 cm³/mol. The Balaban J connectivity index is 1.54. The summed E-state index contributed by atoms with van der Waals surface area (Å²) >= 11 is 0. The van der Waals surface area contributed by atoms with Gasteiger partial charge in [-0.2, -0.15) is 0 Å². The van der Waals surface area contributed by atoms with Crippen molar-refractivity contribution in [2.24, 2.45) is 5.92 Å². The van der Waals surface area contributed by atoms with Crippen LogP contribution in [0.15, 0.2) is 23.1 Å². The molecule has 11 heteroatoms. The van der Waals surface area contributed by atoms with Crippen molar-refractivity contribution >= 4 is 21.6 Å². The van der Waals surface area contributed by atoms with Crippen molar-refractivity contribution in [2.75, 3.05) is 57.0 Å². The maximum absolute atomic E-state index is 14.7. The van der Waals surface area contributed by atoms with Gasteiger partial charge in [-0.15, -0.1) is 0 Å². The van der Waals surface area contributed by atoms with E-state index in [4.69, 9.17) is 5.11 Å². The average Bonchev–Trinajstić information content (AvgIpc) is 2.67. The van der Waals surface area contributed by atoms with Crippen molar-refractivity contribution in [1.82, 2.24) is 9.80 Å². The van der Waals surface area contributed by atoms with Crippen molar-refractivity contribution < 1.29 is 31.5 Å². The van der Waals surface area contributed by atoms with Gasteiger partial charge in [-0.1, -0.05) is 0 Å². The van der Waals surface area contributed by atoms with Crippen molar-refractivity contribution in [1.29, 1.82) is 0 Å². The smallest absolute Gasteiger partial charge is 0.407 e. The highest BCUT2D eigenvalue weighted by Gasteiger charge is 2.43. The summed E-state index contributed by atoms with van der Waals surface area (Å²) in [6.45, 7) is 1.45. The molecule has 0 bridgehead atoms. The maximum atomic E-state index is 14.7. The number of benzene rings is 1. The van der Waals surface area contributed by atoms with Crippen LogP contribution in [-0.2, 0) is 9.84 Å². The summed E-state index contributed by atoms with van der Waals surface area (Å²) in [6.07, 6.45) is 0.153. The third-order valence-corrected chi connectivity index (χ3v) is 6.98. The monoisotopic (exact) mass is 449 g/mol. The Morgan fingerprint density at radius 1 is 1.13 bits per heavy atom. The van der Waals surface area contributed by atoms with Crippen molar-refractivity contribution in [3.63, 3.8) is 0 Å². The van der Waals surface area contributed by atoms with E-state index < -0.39 is 33.6 Å². The summed E-state index contributed by atoms with van der Waals surface area (Å²) in [5.41, 5.74) is 0.521. The Morgan fingerprint density at radius 2 is 1.73 bits per heavy atom. The molecule has 0 aliphatic carbocycles. The second kappa shape index (κ2) is 8.62. The number of piperidine rings is 1. The summed E-state index contributed by atoms with van der Waals surface area (Å²) < 4.78 is 66.6. The minimum atomic E-state index is -3.65. The molecule has 3 rings (SSSR count). The lowest BCUT2D eigenvalue weighted by Crippen LogP contribution is -2.53. The molecule has 1 aromatic carbocycles. The van der Waals surface area contributed by atoms with Crippen LogP contribution in [0.5, 0.6) is 0 Å². The van der Waals surface area contributed by atoms with E-state index in [1.165, 1.54) is 17.0 Å². The third-order valence-electron chi connectivity index (χ3n) is 5.85. The molecule has 168 valence electrons. The zero-order chi connectivity index (χ0) is 22.1. The number of carboxylic acid groups (broad SMARTS) is 1. The predicted octanol–water partition coefficient (Wildman–Crippen LogP) is 2.38. The Hall–Kier alpha value is -2.01. The number of hydrogen-bond donors (Lipinski definition) is 1. The van der Waals surface area contributed by atoms with Gasteiger partial charge in [0.05, 0.1) is 6.54 Å². The number of rotatable bonds is 5. The highest BCUT2D eigenvalue weighted by molar-refractivity contribution is 7.90. The zero-order valence-corrected chi connectivity index (χ0v) is 17.5. The average molecular weight is 449 g/mol. The van der Waals surface area contributed by atoms with Crippen LogP contribution >= 0.6 is 0 Å². The topological polar surface area (TPSA) is 81.2 Å². The van der Waals surface area contributed by atoms with Crippen molar-refractivity contribution in [3.05, 3.63) is 24.0 Å². The molecule has 0 aromatic heterocycles. The van der Waals surface area contributed by atoms with Crippen LogP contribution in [0.2, 0.25) is 0 Å². The van der Waals surface area contributed by atoms with Gasteiger partial charge in [0, 0.05) is 57.1 Å². The first-order valence-electron chi connectivity index (χ1n) is 9.80. The molecule has 2 aliphatic heterocycles. The third kappa shape index (κ3) is 5.18. The molecule has 30 heavy (non-hydrogen) atoms. The molecule has 2 fully saturated rings. The van der Waals surface area contributed by atoms with E-state index in [1.807, 2.05) is 4.90 Å². The minimum Gasteiger partial charge on any atom is -0.465 e. The molecule has 2 saturated heterocycles. The first-order valence-corrected chi connectivity index (χ1v) is 11.7. The van der Waals surface area contributed by atoms with Gasteiger partial charge in [-0.25, -0.2) is 26.4 Å². The van der Waals surface area contributed by atoms with E-state index in [-0.39, 0.29) is 37.4 Å². The fourth-order valence-corrected chi connectivity index (χ4v) is 4.80. The summed E-state index contributed by atoms with van der Waals surface area (Å²) in [5.74, 6) is -4.57. The lowest BCUT2D eigenvalue weighted by molar-refractivity contribution is -0.0976. The number of nitrogens with zero attached hydrogens (tertiary/aromatic N) is 3. The highest BCUT2D eigenvalue weighted by atomic mass is 32.2. The van der Waals surface area contributed by atoms with Crippen molar-refractivity contribution in [3.8, 4) is 0 Å². The van der Waals surface area contributed by atoms with Gasteiger partial charge in [0.2, 0.25) is 0 Å². The molecule has 2 aliphatic rings. The van der Waals surface area contributed by atoms with Crippen LogP contribution in [0.1, 0.15) is 12.8 Å². The highest BCUT2D eigenvalue weighted by Crippen LogP contribution is 2.34. The summed E-state index contributed by atoms with van der Waals surface area (Å²) in [5, 5.41) is 8.95. The Bertz CT molecular complexity index is 881. The Kier molecular flexibility index (Phi) is 6.51. The van der Waals surface area contributed by atoms with E-state index in [2.05, 4.69) is 0 Å². The van der Waals surface area contributed by atoms with Crippen LogP contribution < -0.4 is 4.90 Å². The van der Waals surface area contributed by atoms with Gasteiger partial charge in [-0.3, -0.25) is 4.90 Å². The van der Waals surface area contributed by atoms with Gasteiger partial charge in [0.15, 0.2) is 9.84 Å². The Morgan fingerprint density at radius 3 is 2.23 bits per heavy atom. The lowest BCUT2D eigenvalue weighted by atomic mass is 9.90. The number of sulfone groups is 1. The number of carbonyl (C=O) groups is 1. The fourth-order valence-electron chi connectivity index (χ4n) is 4.07. The minimum absolute atomic E-state index is 0.123. The standard InChI is InChI=1S/C19H26F3N3O4S/c1-30(28,29)17-3-2-15(12-16(17)20)24-10-8-23(9-11-24)13-19(21,22)14-4-6-25(7-5-14)18(26)27/h2-3,12,14H,4-11,13H2,1H3,(H,26,27). The number of likely N-dealkylation sites (tertiary alicyclic amines) is 1. The molecule has 0 spiro atoms. The summed E-state index contributed by atoms with van der Waals surface area (Å²) in [4.78, 5) is 15.3. The number of alkyl halides is 2. The normalized spacial score (nSPS) is 19.9. The van der Waals surface area contributed by atoms with E-state index in [1.54, 1.807) is 4.90 Å². The molecule has 0 saturated carbocycles. The maximum Gasteiger partial charge on any atom is 0.407 e. The second-order valence-electron chi connectivity index (χ2n) is 7.96. The van der Waals surface area contributed by atoms with Crippen LogP contribution in [0.4, 0.5) is 23.7 Å². The van der Waals surface area contributed by atoms with Gasteiger partial charge in [0.25, 0.3) is 5.92 Å². The first kappa shape index (κ1) is 22.7. The van der Waals surface area contributed by atoms with Crippen LogP contribution in [-0.4, -0.2) is 87.4 Å². The van der Waals surface area contributed by atoms with E-state index in [0.717, 1.165) is 12.3 Å². The molecule has 1 amide bonds. The quantitative estimate of drug-likeness (QED) is 0.744. The molecule has 7 nitrogen and oxygen atoms in total. The number of hydrogen-bond acceptors (Lipinski definition) is 5. The van der Waals surface area contributed by atoms with Gasteiger partial charge < -0.3 is 14.9 Å². The lowest BCUT2D eigenvalue weighted by Gasteiger charge is -2.40. The molecular weight excluding hydrogens is 423 g/mol. The first-order chi connectivity index (χ1) is 14.0. The van der Waals surface area contributed by atoms with Gasteiger partial charge in [-0.05, 0) is 31.0 Å². The molecule has 0 atom stereocenters. The number of amides is 1. The van der Waals surface area contributed by atoms with Crippen LogP contribution in [0.3, 0.4) is 0 Å². The molecule has 2 heterocycles. The number of piperazine rings is 1. The summed E-state index contributed by atoms with van der Waals surface area (Å²) in [6, 6.07) is 3.92. The van der Waals surface area contributed by atoms with E-state index >= 15 is 0 Å². The van der Waals surface area contributed by atoms with E-state index in [9.17, 15) is 26.4 Å². The number of anilines is 1. The number of halogens is 3. The second-order valence-corrected chi connectivity index (χ2v) is 9.94. The molecular formula is C19H26F3N3O4S. The molecule has 1 N–H and O–H groups in total. The fraction of sp³-hybridized carbons (Fsp3) is 0.632. The van der Waals surface area contributed by atoms with Crippen LogP contribution in [0, 0.1) is 11.7 Å². The largest absolute Gasteiger partial charge is 0.465 e. The molecule has 1 aromatic rings. The Labute approximate surface area is 174 Å². The van der Waals surface area contributed by atoms with Crippen LogP contribution in [0.25, 0.3) is 0 Å². The van der Waals surface area contributed by atoms with Gasteiger partial charge in [0.1, 0.15) is 10.7 Å².